The van der Waals surface area contributed by atoms with Gasteiger partial charge in [-0.05, 0) is 48.6 Å². The van der Waals surface area contributed by atoms with E-state index in [0.717, 1.165) is 24.0 Å². The molecule has 0 saturated heterocycles. The van der Waals surface area contributed by atoms with Crippen LogP contribution in [0.2, 0.25) is 0 Å². The second-order valence-corrected chi connectivity index (χ2v) is 9.00. The van der Waals surface area contributed by atoms with Crippen LogP contribution in [0.15, 0.2) is 60.7 Å². The lowest BCUT2D eigenvalue weighted by Gasteiger charge is -2.08. The van der Waals surface area contributed by atoms with Gasteiger partial charge in [-0.3, -0.25) is 40.9 Å². The van der Waals surface area contributed by atoms with Gasteiger partial charge in [-0.2, -0.15) is 0 Å². The first-order valence-electron chi connectivity index (χ1n) is 11.8. The lowest BCUT2D eigenvalue weighted by Crippen LogP contribution is -2.43. The number of hydrazine groups is 2. The summed E-state index contributed by atoms with van der Waals surface area (Å²) in [6.45, 7) is 0. The molecule has 4 amide bonds. The monoisotopic (exact) mass is 462 g/mol. The van der Waals surface area contributed by atoms with Gasteiger partial charge >= 0.3 is 0 Å². The second-order valence-electron chi connectivity index (χ2n) is 9.00. The summed E-state index contributed by atoms with van der Waals surface area (Å²) >= 11 is 0. The molecule has 4 N–H and O–H groups in total. The lowest BCUT2D eigenvalue weighted by atomic mass is 10.1. The van der Waals surface area contributed by atoms with Gasteiger partial charge in [0.25, 0.3) is 0 Å². The molecule has 2 aromatic rings. The third-order valence-electron chi connectivity index (χ3n) is 6.42. The lowest BCUT2D eigenvalue weighted by molar-refractivity contribution is -0.130. The summed E-state index contributed by atoms with van der Waals surface area (Å²) < 4.78 is 0. The van der Waals surface area contributed by atoms with Crippen LogP contribution in [0, 0.1) is 11.8 Å². The molecule has 2 saturated carbocycles. The summed E-state index contributed by atoms with van der Waals surface area (Å²) in [5.41, 5.74) is 12.1. The van der Waals surface area contributed by atoms with Gasteiger partial charge in [0.15, 0.2) is 0 Å². The smallest absolute Gasteiger partial charge is 0.242 e. The Morgan fingerprint density at radius 2 is 0.971 bits per heavy atom. The third-order valence-corrected chi connectivity index (χ3v) is 6.42. The van der Waals surface area contributed by atoms with E-state index < -0.39 is 0 Å². The summed E-state index contributed by atoms with van der Waals surface area (Å²) in [5, 5.41) is 0. The van der Waals surface area contributed by atoms with Crippen LogP contribution in [-0.2, 0) is 19.2 Å². The van der Waals surface area contributed by atoms with Gasteiger partial charge in [-0.15, -0.1) is 0 Å². The second kappa shape index (κ2) is 11.0. The van der Waals surface area contributed by atoms with Gasteiger partial charge < -0.3 is 0 Å². The predicted octanol–water partition coefficient (Wildman–Crippen LogP) is 2.45. The Kier molecular flexibility index (Phi) is 7.57. The Bertz CT molecular complexity index is 944. The van der Waals surface area contributed by atoms with Crippen molar-refractivity contribution >= 4 is 23.6 Å². The third kappa shape index (κ3) is 6.43. The number of nitrogens with one attached hydrogen (secondary N) is 4. The summed E-state index contributed by atoms with van der Waals surface area (Å²) in [6, 6.07) is 19.7. The molecule has 4 rings (SSSR count). The van der Waals surface area contributed by atoms with Gasteiger partial charge in [-0.25, -0.2) is 0 Å². The van der Waals surface area contributed by atoms with E-state index in [4.69, 9.17) is 0 Å². The fraction of sp³-hybridized carbons (Fsp3) is 0.385. The molecular formula is C26H30N4O4. The first-order valence-corrected chi connectivity index (χ1v) is 11.8. The van der Waals surface area contributed by atoms with Crippen LogP contribution < -0.4 is 21.7 Å². The number of hydrogen-bond donors (Lipinski definition) is 4. The molecule has 0 spiro atoms. The van der Waals surface area contributed by atoms with Crippen LogP contribution in [0.1, 0.15) is 61.5 Å². The fourth-order valence-electron chi connectivity index (χ4n) is 4.25. The maximum absolute atomic E-state index is 12.2. The highest BCUT2D eigenvalue weighted by Crippen LogP contribution is 2.48. The minimum absolute atomic E-state index is 0.111. The van der Waals surface area contributed by atoms with Crippen molar-refractivity contribution in [2.45, 2.75) is 50.4 Å². The standard InChI is InChI=1S/C26H30N4O4/c31-23(27-29-25(33)21-15-19(21)17-9-3-1-4-10-17)13-7-8-14-24(32)28-30-26(34)22-16-20(22)18-11-5-2-6-12-18/h1-6,9-12,19-22H,7-8,13-16H2,(H,27,31)(H,28,32)(H,29,33)(H,30,34)/t19-,20+,21-,22-/m1/s1. The number of hydrogen-bond acceptors (Lipinski definition) is 4. The van der Waals surface area contributed by atoms with E-state index in [9.17, 15) is 19.2 Å². The molecule has 8 heteroatoms. The predicted molar refractivity (Wildman–Crippen MR) is 126 cm³/mol. The molecule has 2 aliphatic carbocycles. The van der Waals surface area contributed by atoms with Gasteiger partial charge in [0, 0.05) is 24.7 Å². The zero-order valence-corrected chi connectivity index (χ0v) is 19.0. The van der Waals surface area contributed by atoms with E-state index in [1.807, 2.05) is 60.7 Å². The molecule has 0 unspecified atom stereocenters. The molecule has 34 heavy (non-hydrogen) atoms. The first-order chi connectivity index (χ1) is 16.5. The first kappa shape index (κ1) is 23.5. The summed E-state index contributed by atoms with van der Waals surface area (Å²) in [5.74, 6) is -0.743. The quantitative estimate of drug-likeness (QED) is 0.338. The number of amides is 4. The highest BCUT2D eigenvalue weighted by Gasteiger charge is 2.44. The molecule has 0 aromatic heterocycles. The Balaban J connectivity index is 1.03. The van der Waals surface area contributed by atoms with E-state index in [-0.39, 0.29) is 60.1 Å². The molecule has 2 fully saturated rings. The zero-order chi connectivity index (χ0) is 23.9. The van der Waals surface area contributed by atoms with E-state index in [1.54, 1.807) is 0 Å². The molecule has 0 heterocycles. The average Bonchev–Trinajstić information content (AvgIpc) is 3.78. The van der Waals surface area contributed by atoms with Gasteiger partial charge in [0.1, 0.15) is 0 Å². The minimum atomic E-state index is -0.292. The van der Waals surface area contributed by atoms with Crippen LogP contribution in [0.3, 0.4) is 0 Å². The molecular weight excluding hydrogens is 432 g/mol. The molecule has 0 aliphatic heterocycles. The number of carbonyl (C=O) groups excluding carboxylic acids is 4. The minimum Gasteiger partial charge on any atom is -0.273 e. The molecule has 4 atom stereocenters. The molecule has 2 aliphatic rings. The van der Waals surface area contributed by atoms with Gasteiger partial charge in [-0.1, -0.05) is 60.7 Å². The maximum atomic E-state index is 12.2. The zero-order valence-electron chi connectivity index (χ0n) is 19.0. The normalized spacial score (nSPS) is 22.2. The van der Waals surface area contributed by atoms with E-state index in [2.05, 4.69) is 21.7 Å². The molecule has 178 valence electrons. The van der Waals surface area contributed by atoms with Crippen LogP contribution >= 0.6 is 0 Å². The average molecular weight is 463 g/mol. The van der Waals surface area contributed by atoms with Crippen LogP contribution in [-0.4, -0.2) is 23.6 Å². The molecule has 8 nitrogen and oxygen atoms in total. The molecule has 0 radical (unpaired) electrons. The number of unbranched alkanes of at least 4 members (excludes halogenated alkanes) is 1. The van der Waals surface area contributed by atoms with Crippen molar-refractivity contribution in [3.63, 3.8) is 0 Å². The van der Waals surface area contributed by atoms with Crippen LogP contribution in [0.5, 0.6) is 0 Å². The Hall–Kier alpha value is -3.68. The van der Waals surface area contributed by atoms with E-state index >= 15 is 0 Å². The van der Waals surface area contributed by atoms with E-state index in [1.165, 1.54) is 0 Å². The van der Waals surface area contributed by atoms with Crippen molar-refractivity contribution in [3.05, 3.63) is 71.8 Å². The van der Waals surface area contributed by atoms with Crippen molar-refractivity contribution in [2.75, 3.05) is 0 Å². The van der Waals surface area contributed by atoms with Crippen molar-refractivity contribution in [3.8, 4) is 0 Å². The van der Waals surface area contributed by atoms with Gasteiger partial charge in [0.05, 0.1) is 0 Å². The number of rotatable bonds is 9. The Morgan fingerprint density at radius 3 is 1.35 bits per heavy atom. The molecule has 0 bridgehead atoms. The summed E-state index contributed by atoms with van der Waals surface area (Å²) in [4.78, 5) is 48.3. The largest absolute Gasteiger partial charge is 0.273 e. The highest BCUT2D eigenvalue weighted by atomic mass is 16.2. The Labute approximate surface area is 198 Å². The topological polar surface area (TPSA) is 116 Å². The Morgan fingerprint density at radius 1 is 0.588 bits per heavy atom. The summed E-state index contributed by atoms with van der Waals surface area (Å²) in [7, 11) is 0. The van der Waals surface area contributed by atoms with Gasteiger partial charge in [0.2, 0.25) is 23.6 Å². The van der Waals surface area contributed by atoms with Crippen molar-refractivity contribution < 1.29 is 19.2 Å². The summed E-state index contributed by atoms with van der Waals surface area (Å²) in [6.07, 6.45) is 2.97. The maximum Gasteiger partial charge on any atom is 0.242 e. The highest BCUT2D eigenvalue weighted by molar-refractivity contribution is 5.86. The van der Waals surface area contributed by atoms with Crippen LogP contribution in [0.25, 0.3) is 0 Å². The molecule has 2 aromatic carbocycles. The van der Waals surface area contributed by atoms with E-state index in [0.29, 0.717) is 12.8 Å². The van der Waals surface area contributed by atoms with Crippen molar-refractivity contribution in [2.24, 2.45) is 11.8 Å². The SMILES string of the molecule is O=C(CCCCC(=O)NNC(=O)[C@@H]1C[C@H]1c1ccccc1)NNC(=O)[C@@H]1C[C@@H]1c1ccccc1. The number of carbonyl (C=O) groups is 4. The van der Waals surface area contributed by atoms with Crippen LogP contribution in [0.4, 0.5) is 0 Å². The van der Waals surface area contributed by atoms with Crippen molar-refractivity contribution in [1.29, 1.82) is 0 Å². The van der Waals surface area contributed by atoms with Crippen molar-refractivity contribution in [1.82, 2.24) is 21.7 Å². The number of benzene rings is 2. The fourth-order valence-corrected chi connectivity index (χ4v) is 4.25.